The summed E-state index contributed by atoms with van der Waals surface area (Å²) in [6, 6.07) is 15.5. The van der Waals surface area contributed by atoms with Gasteiger partial charge in [0.2, 0.25) is 11.8 Å². The zero-order valence-corrected chi connectivity index (χ0v) is 16.3. The SMILES string of the molecule is Clc1ccc(-c2nnc(CN3CCN(Cc4cccc(Cl)c4)CC3)o2)cc1. The molecule has 0 unspecified atom stereocenters. The largest absolute Gasteiger partial charge is 0.419 e. The fourth-order valence-corrected chi connectivity index (χ4v) is 3.56. The van der Waals surface area contributed by atoms with Crippen LogP contribution in [-0.2, 0) is 13.1 Å². The molecule has 0 N–H and O–H groups in total. The second-order valence-corrected chi connectivity index (χ2v) is 7.56. The van der Waals surface area contributed by atoms with Gasteiger partial charge in [0, 0.05) is 48.3 Å². The molecule has 0 saturated carbocycles. The molecule has 2 aromatic carbocycles. The van der Waals surface area contributed by atoms with Gasteiger partial charge in [-0.3, -0.25) is 9.80 Å². The highest BCUT2D eigenvalue weighted by molar-refractivity contribution is 6.30. The van der Waals surface area contributed by atoms with E-state index in [0.29, 0.717) is 23.3 Å². The molecule has 140 valence electrons. The van der Waals surface area contributed by atoms with E-state index in [1.807, 2.05) is 42.5 Å². The molecule has 0 bridgehead atoms. The highest BCUT2D eigenvalue weighted by atomic mass is 35.5. The summed E-state index contributed by atoms with van der Waals surface area (Å²) in [4.78, 5) is 4.78. The van der Waals surface area contributed by atoms with Crippen molar-refractivity contribution >= 4 is 23.2 Å². The summed E-state index contributed by atoms with van der Waals surface area (Å²) >= 11 is 12.0. The predicted octanol–water partition coefficient (Wildman–Crippen LogP) is 4.36. The molecule has 4 rings (SSSR count). The van der Waals surface area contributed by atoms with E-state index < -0.39 is 0 Å². The van der Waals surface area contributed by atoms with Gasteiger partial charge in [-0.2, -0.15) is 0 Å². The first kappa shape index (κ1) is 18.4. The third-order valence-corrected chi connectivity index (χ3v) is 5.16. The Morgan fingerprint density at radius 3 is 2.22 bits per heavy atom. The van der Waals surface area contributed by atoms with E-state index in [-0.39, 0.29) is 0 Å². The van der Waals surface area contributed by atoms with E-state index in [1.165, 1.54) is 5.56 Å². The number of benzene rings is 2. The highest BCUT2D eigenvalue weighted by Crippen LogP contribution is 2.21. The van der Waals surface area contributed by atoms with Gasteiger partial charge in [0.05, 0.1) is 6.54 Å². The summed E-state index contributed by atoms with van der Waals surface area (Å²) in [7, 11) is 0. The number of piperazine rings is 1. The number of hydrogen-bond acceptors (Lipinski definition) is 5. The minimum Gasteiger partial charge on any atom is -0.419 e. The first-order valence-electron chi connectivity index (χ1n) is 8.93. The van der Waals surface area contributed by atoms with Crippen LogP contribution in [0.3, 0.4) is 0 Å². The predicted molar refractivity (Wildman–Crippen MR) is 107 cm³/mol. The van der Waals surface area contributed by atoms with Crippen molar-refractivity contribution in [3.05, 3.63) is 70.0 Å². The van der Waals surface area contributed by atoms with Gasteiger partial charge in [0.25, 0.3) is 0 Å². The molecule has 0 aliphatic carbocycles. The van der Waals surface area contributed by atoms with Crippen molar-refractivity contribution < 1.29 is 4.42 Å². The smallest absolute Gasteiger partial charge is 0.247 e. The van der Waals surface area contributed by atoms with Crippen molar-refractivity contribution in [2.75, 3.05) is 26.2 Å². The van der Waals surface area contributed by atoms with E-state index in [1.54, 1.807) is 0 Å². The van der Waals surface area contributed by atoms with Crippen molar-refractivity contribution in [1.29, 1.82) is 0 Å². The lowest BCUT2D eigenvalue weighted by atomic mass is 10.2. The first-order valence-corrected chi connectivity index (χ1v) is 9.69. The Morgan fingerprint density at radius 1 is 0.815 bits per heavy atom. The minimum absolute atomic E-state index is 0.529. The third kappa shape index (κ3) is 4.87. The monoisotopic (exact) mass is 402 g/mol. The number of halogens is 2. The number of nitrogens with zero attached hydrogens (tertiary/aromatic N) is 4. The fourth-order valence-electron chi connectivity index (χ4n) is 3.22. The molecule has 1 fully saturated rings. The van der Waals surface area contributed by atoms with Gasteiger partial charge in [-0.15, -0.1) is 10.2 Å². The molecule has 27 heavy (non-hydrogen) atoms. The maximum absolute atomic E-state index is 6.07. The first-order chi connectivity index (χ1) is 13.2. The minimum atomic E-state index is 0.529. The van der Waals surface area contributed by atoms with Crippen LogP contribution in [0.5, 0.6) is 0 Å². The average Bonchev–Trinajstić information content (AvgIpc) is 3.12. The Hall–Kier alpha value is -1.92. The van der Waals surface area contributed by atoms with Crippen LogP contribution in [0, 0.1) is 0 Å². The van der Waals surface area contributed by atoms with Gasteiger partial charge in [-0.25, -0.2) is 0 Å². The van der Waals surface area contributed by atoms with Crippen LogP contribution in [0.4, 0.5) is 0 Å². The summed E-state index contributed by atoms with van der Waals surface area (Å²) in [5.74, 6) is 1.17. The Morgan fingerprint density at radius 2 is 1.52 bits per heavy atom. The molecule has 1 aromatic heterocycles. The van der Waals surface area contributed by atoms with Crippen molar-refractivity contribution in [1.82, 2.24) is 20.0 Å². The maximum Gasteiger partial charge on any atom is 0.247 e. The highest BCUT2D eigenvalue weighted by Gasteiger charge is 2.19. The van der Waals surface area contributed by atoms with Crippen LogP contribution in [0.15, 0.2) is 52.9 Å². The van der Waals surface area contributed by atoms with Crippen LogP contribution >= 0.6 is 23.2 Å². The summed E-state index contributed by atoms with van der Waals surface area (Å²) < 4.78 is 5.81. The lowest BCUT2D eigenvalue weighted by Gasteiger charge is -2.33. The topological polar surface area (TPSA) is 45.4 Å². The van der Waals surface area contributed by atoms with Crippen molar-refractivity contribution in [2.24, 2.45) is 0 Å². The van der Waals surface area contributed by atoms with Gasteiger partial charge in [-0.1, -0.05) is 35.3 Å². The molecule has 1 saturated heterocycles. The number of hydrogen-bond donors (Lipinski definition) is 0. The van der Waals surface area contributed by atoms with E-state index in [4.69, 9.17) is 27.6 Å². The quantitative estimate of drug-likeness (QED) is 0.634. The summed E-state index contributed by atoms with van der Waals surface area (Å²) in [5.41, 5.74) is 2.13. The Bertz CT molecular complexity index is 889. The molecule has 0 radical (unpaired) electrons. The number of aromatic nitrogens is 2. The van der Waals surface area contributed by atoms with Crippen molar-refractivity contribution in [3.8, 4) is 11.5 Å². The standard InChI is InChI=1S/C20H20Cl2N4O/c21-17-6-4-16(5-7-17)20-24-23-19(27-20)14-26-10-8-25(9-11-26)13-15-2-1-3-18(22)12-15/h1-7,12H,8-11,13-14H2. The molecule has 5 nitrogen and oxygen atoms in total. The molecule has 3 aromatic rings. The third-order valence-electron chi connectivity index (χ3n) is 4.68. The van der Waals surface area contributed by atoms with Crippen LogP contribution in [-0.4, -0.2) is 46.2 Å². The summed E-state index contributed by atoms with van der Waals surface area (Å²) in [5, 5.41) is 9.82. The summed E-state index contributed by atoms with van der Waals surface area (Å²) in [6.45, 7) is 5.55. The second-order valence-electron chi connectivity index (χ2n) is 6.69. The molecule has 0 amide bonds. The second kappa shape index (κ2) is 8.40. The Balaban J connectivity index is 1.30. The fraction of sp³-hybridized carbons (Fsp3) is 0.300. The lowest BCUT2D eigenvalue weighted by Crippen LogP contribution is -2.45. The molecule has 1 aliphatic heterocycles. The van der Waals surface area contributed by atoms with E-state index in [0.717, 1.165) is 43.3 Å². The molecule has 0 spiro atoms. The molecule has 2 heterocycles. The van der Waals surface area contributed by atoms with Gasteiger partial charge >= 0.3 is 0 Å². The van der Waals surface area contributed by atoms with E-state index in [2.05, 4.69) is 26.1 Å². The van der Waals surface area contributed by atoms with Gasteiger partial charge in [-0.05, 0) is 42.0 Å². The Kier molecular flexibility index (Phi) is 5.74. The van der Waals surface area contributed by atoms with Crippen LogP contribution < -0.4 is 0 Å². The van der Waals surface area contributed by atoms with Crippen LogP contribution in [0.2, 0.25) is 10.0 Å². The molecular formula is C20H20Cl2N4O. The Labute approximate surface area is 168 Å². The summed E-state index contributed by atoms with van der Waals surface area (Å²) in [6.07, 6.45) is 0. The molecule has 7 heteroatoms. The zero-order valence-electron chi connectivity index (χ0n) is 14.8. The molecular weight excluding hydrogens is 383 g/mol. The van der Waals surface area contributed by atoms with Crippen molar-refractivity contribution in [3.63, 3.8) is 0 Å². The van der Waals surface area contributed by atoms with Crippen molar-refractivity contribution in [2.45, 2.75) is 13.1 Å². The zero-order chi connectivity index (χ0) is 18.6. The average molecular weight is 403 g/mol. The lowest BCUT2D eigenvalue weighted by molar-refractivity contribution is 0.114. The van der Waals surface area contributed by atoms with Gasteiger partial charge in [0.1, 0.15) is 0 Å². The van der Waals surface area contributed by atoms with E-state index >= 15 is 0 Å². The van der Waals surface area contributed by atoms with Gasteiger partial charge in [0.15, 0.2) is 0 Å². The normalized spacial score (nSPS) is 15.9. The number of rotatable bonds is 5. The van der Waals surface area contributed by atoms with Gasteiger partial charge < -0.3 is 4.42 Å². The maximum atomic E-state index is 6.07. The van der Waals surface area contributed by atoms with Crippen LogP contribution in [0.25, 0.3) is 11.5 Å². The molecule has 0 atom stereocenters. The molecule has 1 aliphatic rings. The van der Waals surface area contributed by atoms with Crippen LogP contribution in [0.1, 0.15) is 11.5 Å². The van der Waals surface area contributed by atoms with E-state index in [9.17, 15) is 0 Å².